The molecule has 2 aromatic rings. The molecule has 30 heavy (non-hydrogen) atoms. The summed E-state index contributed by atoms with van der Waals surface area (Å²) >= 11 is 0. The summed E-state index contributed by atoms with van der Waals surface area (Å²) in [5, 5.41) is 5.07. The number of methoxy groups -OCH3 is 1. The van der Waals surface area contributed by atoms with Crippen LogP contribution >= 0.6 is 0 Å². The molecule has 2 amide bonds. The molecule has 0 saturated carbocycles. The number of hydrogen-bond acceptors (Lipinski definition) is 6. The number of ether oxygens (including phenoxy) is 1. The zero-order chi connectivity index (χ0) is 22.1. The van der Waals surface area contributed by atoms with E-state index in [9.17, 15) is 22.8 Å². The second kappa shape index (κ2) is 10.5. The van der Waals surface area contributed by atoms with Crippen LogP contribution < -0.4 is 10.6 Å². The minimum atomic E-state index is -3.54. The van der Waals surface area contributed by atoms with E-state index in [0.717, 1.165) is 5.56 Å². The Morgan fingerprint density at radius 1 is 0.933 bits per heavy atom. The van der Waals surface area contributed by atoms with Crippen LogP contribution in [0, 0.1) is 6.92 Å². The van der Waals surface area contributed by atoms with Gasteiger partial charge in [0.2, 0.25) is 11.8 Å². The van der Waals surface area contributed by atoms with Gasteiger partial charge in [0.05, 0.1) is 24.2 Å². The molecule has 0 unspecified atom stereocenters. The number of amides is 2. The highest BCUT2D eigenvalue weighted by Gasteiger charge is 2.16. The second-order valence-electron chi connectivity index (χ2n) is 6.66. The van der Waals surface area contributed by atoms with Crippen molar-refractivity contribution in [1.29, 1.82) is 0 Å². The maximum Gasteiger partial charge on any atom is 0.325 e. The van der Waals surface area contributed by atoms with Gasteiger partial charge in [0.1, 0.15) is 6.54 Å². The lowest BCUT2D eigenvalue weighted by molar-refractivity contribution is -0.141. The van der Waals surface area contributed by atoms with Gasteiger partial charge in [0.25, 0.3) is 0 Å². The van der Waals surface area contributed by atoms with Crippen molar-refractivity contribution >= 4 is 33.3 Å². The fraction of sp³-hybridized carbons (Fsp3) is 0.286. The van der Waals surface area contributed by atoms with E-state index in [1.165, 1.54) is 19.2 Å². The summed E-state index contributed by atoms with van der Waals surface area (Å²) in [7, 11) is -2.30. The van der Waals surface area contributed by atoms with Gasteiger partial charge in [-0.3, -0.25) is 14.4 Å². The van der Waals surface area contributed by atoms with E-state index < -0.39 is 21.7 Å². The highest BCUT2D eigenvalue weighted by atomic mass is 32.2. The highest BCUT2D eigenvalue weighted by Crippen LogP contribution is 2.14. The molecular formula is C21H24N2O6S. The number of nitrogens with one attached hydrogen (secondary N) is 2. The number of aryl methyl sites for hydroxylation is 1. The predicted molar refractivity (Wildman–Crippen MR) is 112 cm³/mol. The monoisotopic (exact) mass is 432 g/mol. The number of carbonyl (C=O) groups excluding carboxylic acids is 3. The quantitative estimate of drug-likeness (QED) is 0.582. The Kier molecular flexibility index (Phi) is 8.11. The van der Waals surface area contributed by atoms with Gasteiger partial charge in [-0.25, -0.2) is 8.42 Å². The lowest BCUT2D eigenvalue weighted by atomic mass is 10.1. The second-order valence-corrected chi connectivity index (χ2v) is 8.77. The minimum absolute atomic E-state index is 0.0695. The molecule has 8 nitrogen and oxygen atoms in total. The first-order valence-corrected chi connectivity index (χ1v) is 10.9. The van der Waals surface area contributed by atoms with Gasteiger partial charge in [-0.15, -0.1) is 0 Å². The van der Waals surface area contributed by atoms with Crippen molar-refractivity contribution in [2.45, 2.75) is 24.7 Å². The summed E-state index contributed by atoms with van der Waals surface area (Å²) in [6.07, 6.45) is -0.103. The molecule has 0 bridgehead atoms. The molecule has 0 aromatic heterocycles. The molecule has 0 saturated heterocycles. The van der Waals surface area contributed by atoms with Crippen LogP contribution in [-0.2, 0) is 35.4 Å². The molecule has 2 aromatic carbocycles. The maximum absolute atomic E-state index is 12.3. The maximum atomic E-state index is 12.3. The molecule has 0 aliphatic heterocycles. The molecule has 2 rings (SSSR count). The van der Waals surface area contributed by atoms with E-state index >= 15 is 0 Å². The molecule has 0 radical (unpaired) electrons. The third-order valence-electron chi connectivity index (χ3n) is 4.24. The van der Waals surface area contributed by atoms with Crippen molar-refractivity contribution < 1.29 is 27.5 Å². The average Bonchev–Trinajstić information content (AvgIpc) is 2.72. The van der Waals surface area contributed by atoms with Gasteiger partial charge in [0, 0.05) is 12.1 Å². The Hall–Kier alpha value is -3.20. The minimum Gasteiger partial charge on any atom is -0.468 e. The molecule has 2 N–H and O–H groups in total. The van der Waals surface area contributed by atoms with Crippen molar-refractivity contribution in [2.75, 3.05) is 24.7 Å². The molecule has 160 valence electrons. The predicted octanol–water partition coefficient (Wildman–Crippen LogP) is 1.63. The molecule has 9 heteroatoms. The van der Waals surface area contributed by atoms with Crippen molar-refractivity contribution in [3.8, 4) is 0 Å². The summed E-state index contributed by atoms with van der Waals surface area (Å²) in [5.41, 5.74) is 2.14. The average molecular weight is 432 g/mol. The molecule has 0 atom stereocenters. The van der Waals surface area contributed by atoms with Crippen LogP contribution in [0.3, 0.4) is 0 Å². The Labute approximate surface area is 175 Å². The van der Waals surface area contributed by atoms with E-state index in [2.05, 4.69) is 15.4 Å². The molecule has 0 fully saturated rings. The Balaban J connectivity index is 1.83. The number of benzene rings is 2. The first-order chi connectivity index (χ1) is 14.2. The standard InChI is InChI=1S/C21H24N2O6S/c1-15-3-9-18(10-4-15)30(27,28)12-11-19(24)23-17-7-5-16(6-8-17)13-20(25)22-14-21(26)29-2/h3-10H,11-14H2,1-2H3,(H,22,25)(H,23,24). The Bertz CT molecular complexity index is 999. The third kappa shape index (κ3) is 7.32. The molecule has 0 aliphatic carbocycles. The Morgan fingerprint density at radius 3 is 2.17 bits per heavy atom. The lowest BCUT2D eigenvalue weighted by Crippen LogP contribution is -2.31. The number of hydrogen-bond donors (Lipinski definition) is 2. The lowest BCUT2D eigenvalue weighted by Gasteiger charge is -2.08. The largest absolute Gasteiger partial charge is 0.468 e. The first kappa shape index (κ1) is 23.1. The zero-order valence-electron chi connectivity index (χ0n) is 16.8. The van der Waals surface area contributed by atoms with E-state index in [-0.39, 0.29) is 35.9 Å². The summed E-state index contributed by atoms with van der Waals surface area (Å²) in [4.78, 5) is 35.1. The summed E-state index contributed by atoms with van der Waals surface area (Å²) in [5.74, 6) is -1.58. The summed E-state index contributed by atoms with van der Waals surface area (Å²) in [6.45, 7) is 1.67. The molecular weight excluding hydrogens is 408 g/mol. The van der Waals surface area contributed by atoms with E-state index in [4.69, 9.17) is 0 Å². The Morgan fingerprint density at radius 2 is 1.57 bits per heavy atom. The van der Waals surface area contributed by atoms with Crippen molar-refractivity contribution in [1.82, 2.24) is 5.32 Å². The van der Waals surface area contributed by atoms with Crippen LogP contribution in [0.25, 0.3) is 0 Å². The smallest absolute Gasteiger partial charge is 0.325 e. The van der Waals surface area contributed by atoms with Gasteiger partial charge < -0.3 is 15.4 Å². The fourth-order valence-electron chi connectivity index (χ4n) is 2.51. The van der Waals surface area contributed by atoms with Crippen LogP contribution in [-0.4, -0.2) is 45.6 Å². The summed E-state index contributed by atoms with van der Waals surface area (Å²) < 4.78 is 29.1. The van der Waals surface area contributed by atoms with Crippen LogP contribution in [0.4, 0.5) is 5.69 Å². The molecule has 0 spiro atoms. The topological polar surface area (TPSA) is 119 Å². The fourth-order valence-corrected chi connectivity index (χ4v) is 3.75. The SMILES string of the molecule is COC(=O)CNC(=O)Cc1ccc(NC(=O)CCS(=O)(=O)c2ccc(C)cc2)cc1. The van der Waals surface area contributed by atoms with E-state index in [1.54, 1.807) is 36.4 Å². The molecule has 0 aliphatic rings. The number of anilines is 1. The van der Waals surface area contributed by atoms with Gasteiger partial charge in [-0.2, -0.15) is 0 Å². The molecule has 0 heterocycles. The van der Waals surface area contributed by atoms with Crippen molar-refractivity contribution in [2.24, 2.45) is 0 Å². The van der Waals surface area contributed by atoms with Crippen LogP contribution in [0.15, 0.2) is 53.4 Å². The number of esters is 1. The normalized spacial score (nSPS) is 10.9. The van der Waals surface area contributed by atoms with Crippen LogP contribution in [0.2, 0.25) is 0 Å². The number of carbonyl (C=O) groups is 3. The summed E-state index contributed by atoms with van der Waals surface area (Å²) in [6, 6.07) is 13.1. The van der Waals surface area contributed by atoms with Crippen molar-refractivity contribution in [3.63, 3.8) is 0 Å². The van der Waals surface area contributed by atoms with Crippen LogP contribution in [0.5, 0.6) is 0 Å². The van der Waals surface area contributed by atoms with E-state index in [1.807, 2.05) is 6.92 Å². The van der Waals surface area contributed by atoms with Crippen LogP contribution in [0.1, 0.15) is 17.5 Å². The van der Waals surface area contributed by atoms with Gasteiger partial charge in [-0.05, 0) is 36.8 Å². The number of rotatable bonds is 9. The number of sulfone groups is 1. The third-order valence-corrected chi connectivity index (χ3v) is 5.97. The van der Waals surface area contributed by atoms with Gasteiger partial charge in [0.15, 0.2) is 9.84 Å². The van der Waals surface area contributed by atoms with Gasteiger partial charge >= 0.3 is 5.97 Å². The first-order valence-electron chi connectivity index (χ1n) is 9.21. The van der Waals surface area contributed by atoms with Crippen molar-refractivity contribution in [3.05, 3.63) is 59.7 Å². The highest BCUT2D eigenvalue weighted by molar-refractivity contribution is 7.91. The zero-order valence-corrected chi connectivity index (χ0v) is 17.6. The van der Waals surface area contributed by atoms with E-state index in [0.29, 0.717) is 11.3 Å². The van der Waals surface area contributed by atoms with Gasteiger partial charge in [-0.1, -0.05) is 29.8 Å².